The molecule has 1 aromatic rings. The lowest BCUT2D eigenvalue weighted by Gasteiger charge is -2.32. The van der Waals surface area contributed by atoms with Crippen molar-refractivity contribution in [2.45, 2.75) is 30.6 Å². The topological polar surface area (TPSA) is 17.1 Å². The Bertz CT molecular complexity index is 369. The molecule has 1 aliphatic rings. The van der Waals surface area contributed by atoms with Crippen molar-refractivity contribution in [1.82, 2.24) is 0 Å². The van der Waals surface area contributed by atoms with Gasteiger partial charge in [0.2, 0.25) is 0 Å². The third-order valence-corrected chi connectivity index (χ3v) is 3.91. The lowest BCUT2D eigenvalue weighted by atomic mass is 9.81. The van der Waals surface area contributed by atoms with E-state index in [4.69, 9.17) is 0 Å². The number of carbonyl (C=O) groups excluding carboxylic acids is 1. The van der Waals surface area contributed by atoms with Crippen LogP contribution in [-0.2, 0) is 5.41 Å². The van der Waals surface area contributed by atoms with Crippen molar-refractivity contribution < 1.29 is 4.79 Å². The second-order valence-corrected chi connectivity index (χ2v) is 5.49. The molecule has 74 valence electrons. The van der Waals surface area contributed by atoms with Crippen molar-refractivity contribution >= 4 is 18.0 Å². The smallest absolute Gasteiger partial charge is 0.150 e. The van der Waals surface area contributed by atoms with Crippen LogP contribution in [0.15, 0.2) is 23.1 Å². The summed E-state index contributed by atoms with van der Waals surface area (Å²) in [5.74, 6) is 1.16. The van der Waals surface area contributed by atoms with Gasteiger partial charge in [-0.25, -0.2) is 0 Å². The number of benzene rings is 1. The molecule has 0 radical (unpaired) electrons. The molecule has 0 N–H and O–H groups in total. The molecule has 0 amide bonds. The maximum Gasteiger partial charge on any atom is 0.150 e. The van der Waals surface area contributed by atoms with Crippen molar-refractivity contribution in [1.29, 1.82) is 0 Å². The monoisotopic (exact) mass is 206 g/mol. The molecule has 2 rings (SSSR count). The molecule has 1 heterocycles. The van der Waals surface area contributed by atoms with Crippen molar-refractivity contribution in [3.63, 3.8) is 0 Å². The summed E-state index contributed by atoms with van der Waals surface area (Å²) in [4.78, 5) is 11.9. The van der Waals surface area contributed by atoms with E-state index in [2.05, 4.69) is 19.9 Å². The van der Waals surface area contributed by atoms with Crippen LogP contribution in [0.5, 0.6) is 0 Å². The summed E-state index contributed by atoms with van der Waals surface area (Å²) in [7, 11) is 0. The molecule has 1 aliphatic heterocycles. The second kappa shape index (κ2) is 3.43. The van der Waals surface area contributed by atoms with Crippen molar-refractivity contribution in [2.24, 2.45) is 0 Å². The second-order valence-electron chi connectivity index (χ2n) is 4.36. The minimum absolute atomic E-state index is 0.266. The summed E-state index contributed by atoms with van der Waals surface area (Å²) in [6.45, 7) is 4.54. The Labute approximate surface area is 88.9 Å². The lowest BCUT2D eigenvalue weighted by Crippen LogP contribution is -2.22. The van der Waals surface area contributed by atoms with Gasteiger partial charge in [0, 0.05) is 10.5 Å². The van der Waals surface area contributed by atoms with E-state index in [1.54, 1.807) is 0 Å². The average Bonchev–Trinajstić information content (AvgIpc) is 2.16. The van der Waals surface area contributed by atoms with E-state index in [9.17, 15) is 4.79 Å². The van der Waals surface area contributed by atoms with Gasteiger partial charge in [0.15, 0.2) is 0 Å². The van der Waals surface area contributed by atoms with Crippen molar-refractivity contribution in [3.8, 4) is 0 Å². The number of aldehydes is 1. The number of fused-ring (bicyclic) bond motifs is 1. The third kappa shape index (κ3) is 1.59. The van der Waals surface area contributed by atoms with Crippen LogP contribution >= 0.6 is 11.8 Å². The van der Waals surface area contributed by atoms with Crippen LogP contribution in [0.25, 0.3) is 0 Å². The predicted octanol–water partition coefficient (Wildman–Crippen LogP) is 3.27. The van der Waals surface area contributed by atoms with E-state index in [0.717, 1.165) is 17.6 Å². The maximum atomic E-state index is 10.6. The molecule has 1 nitrogen and oxygen atoms in total. The molecule has 0 fully saturated rings. The fourth-order valence-corrected chi connectivity index (χ4v) is 3.39. The van der Waals surface area contributed by atoms with E-state index >= 15 is 0 Å². The molecule has 14 heavy (non-hydrogen) atoms. The standard InChI is InChI=1S/C12H14OS/c1-12(2)5-6-14-11-7-9(8-13)3-4-10(11)12/h3-4,7-8H,5-6H2,1-2H3. The van der Waals surface area contributed by atoms with E-state index in [0.29, 0.717) is 0 Å². The number of rotatable bonds is 1. The summed E-state index contributed by atoms with van der Waals surface area (Å²) < 4.78 is 0. The summed E-state index contributed by atoms with van der Waals surface area (Å²) in [6, 6.07) is 6.03. The van der Waals surface area contributed by atoms with Gasteiger partial charge in [0.1, 0.15) is 6.29 Å². The molecule has 1 aromatic carbocycles. The molecule has 0 bridgehead atoms. The third-order valence-electron chi connectivity index (χ3n) is 2.86. The van der Waals surface area contributed by atoms with Gasteiger partial charge < -0.3 is 0 Å². The normalized spacial score (nSPS) is 18.7. The Hall–Kier alpha value is -0.760. The highest BCUT2D eigenvalue weighted by Gasteiger charge is 2.27. The van der Waals surface area contributed by atoms with Crippen molar-refractivity contribution in [2.75, 3.05) is 5.75 Å². The first-order valence-electron chi connectivity index (χ1n) is 4.86. The highest BCUT2D eigenvalue weighted by Crippen LogP contribution is 2.41. The van der Waals surface area contributed by atoms with Crippen LogP contribution in [0.1, 0.15) is 36.2 Å². The van der Waals surface area contributed by atoms with Crippen LogP contribution in [0.2, 0.25) is 0 Å². The Morgan fingerprint density at radius 2 is 2.21 bits per heavy atom. The number of hydrogen-bond acceptors (Lipinski definition) is 2. The summed E-state index contributed by atoms with van der Waals surface area (Å²) in [5, 5.41) is 0. The molecule has 0 saturated carbocycles. The summed E-state index contributed by atoms with van der Waals surface area (Å²) >= 11 is 1.86. The largest absolute Gasteiger partial charge is 0.298 e. The Balaban J connectivity index is 2.51. The first kappa shape index (κ1) is 9.78. The van der Waals surface area contributed by atoms with Gasteiger partial charge in [-0.2, -0.15) is 0 Å². The van der Waals surface area contributed by atoms with Crippen LogP contribution < -0.4 is 0 Å². The average molecular weight is 206 g/mol. The predicted molar refractivity (Wildman–Crippen MR) is 60.2 cm³/mol. The molecule has 0 spiro atoms. The van der Waals surface area contributed by atoms with Gasteiger partial charge in [-0.3, -0.25) is 4.79 Å². The van der Waals surface area contributed by atoms with Gasteiger partial charge >= 0.3 is 0 Å². The molecule has 0 unspecified atom stereocenters. The Morgan fingerprint density at radius 3 is 2.93 bits per heavy atom. The SMILES string of the molecule is CC1(C)CCSc2cc(C=O)ccc21. The summed E-state index contributed by atoms with van der Waals surface area (Å²) in [6.07, 6.45) is 2.13. The fraction of sp³-hybridized carbons (Fsp3) is 0.417. The highest BCUT2D eigenvalue weighted by atomic mass is 32.2. The molecule has 2 heteroatoms. The zero-order chi connectivity index (χ0) is 10.2. The zero-order valence-corrected chi connectivity index (χ0v) is 9.36. The molecular formula is C12H14OS. The van der Waals surface area contributed by atoms with Gasteiger partial charge in [-0.15, -0.1) is 11.8 Å². The first-order valence-corrected chi connectivity index (χ1v) is 5.84. The molecular weight excluding hydrogens is 192 g/mol. The first-order chi connectivity index (χ1) is 6.63. The van der Waals surface area contributed by atoms with Crippen LogP contribution in [0, 0.1) is 0 Å². The highest BCUT2D eigenvalue weighted by molar-refractivity contribution is 7.99. The van der Waals surface area contributed by atoms with Gasteiger partial charge in [0.05, 0.1) is 0 Å². The van der Waals surface area contributed by atoms with E-state index < -0.39 is 0 Å². The molecule has 0 aliphatic carbocycles. The van der Waals surface area contributed by atoms with Crippen molar-refractivity contribution in [3.05, 3.63) is 29.3 Å². The quantitative estimate of drug-likeness (QED) is 0.656. The fourth-order valence-electron chi connectivity index (χ4n) is 1.84. The van der Waals surface area contributed by atoms with Crippen LogP contribution in [0.3, 0.4) is 0 Å². The molecule has 0 saturated heterocycles. The summed E-state index contributed by atoms with van der Waals surface area (Å²) in [5.41, 5.74) is 2.44. The number of hydrogen-bond donors (Lipinski definition) is 0. The van der Waals surface area contributed by atoms with E-state index in [1.807, 2.05) is 23.9 Å². The zero-order valence-electron chi connectivity index (χ0n) is 8.54. The number of carbonyl (C=O) groups is 1. The minimum Gasteiger partial charge on any atom is -0.298 e. The molecule has 0 atom stereocenters. The van der Waals surface area contributed by atoms with Crippen LogP contribution in [0.4, 0.5) is 0 Å². The van der Waals surface area contributed by atoms with E-state index in [1.165, 1.54) is 16.9 Å². The van der Waals surface area contributed by atoms with Gasteiger partial charge in [0.25, 0.3) is 0 Å². The lowest BCUT2D eigenvalue weighted by molar-refractivity contribution is 0.112. The van der Waals surface area contributed by atoms with Gasteiger partial charge in [-0.05, 0) is 29.2 Å². The minimum atomic E-state index is 0.266. The Kier molecular flexibility index (Phi) is 2.40. The maximum absolute atomic E-state index is 10.6. The van der Waals surface area contributed by atoms with E-state index in [-0.39, 0.29) is 5.41 Å². The number of thioether (sulfide) groups is 1. The Morgan fingerprint density at radius 1 is 1.43 bits per heavy atom. The molecule has 0 aromatic heterocycles. The van der Waals surface area contributed by atoms with Gasteiger partial charge in [-0.1, -0.05) is 26.0 Å². The van der Waals surface area contributed by atoms with Crippen LogP contribution in [-0.4, -0.2) is 12.0 Å².